The molecule has 174 valence electrons. The lowest BCUT2D eigenvalue weighted by molar-refractivity contribution is -0.384. The van der Waals surface area contributed by atoms with Gasteiger partial charge in [-0.25, -0.2) is 9.99 Å². The maximum absolute atomic E-state index is 11.2. The van der Waals surface area contributed by atoms with Crippen molar-refractivity contribution < 1.29 is 4.92 Å². The van der Waals surface area contributed by atoms with E-state index >= 15 is 0 Å². The molecule has 0 fully saturated rings. The van der Waals surface area contributed by atoms with Crippen LogP contribution in [0.5, 0.6) is 0 Å². The lowest BCUT2D eigenvalue weighted by Crippen LogP contribution is -2.18. The third kappa shape index (κ3) is 4.23. The van der Waals surface area contributed by atoms with Gasteiger partial charge in [0.1, 0.15) is 0 Å². The molecule has 6 nitrogen and oxygen atoms in total. The number of aryl methyl sites for hydroxylation is 2. The monoisotopic (exact) mass is 480 g/mol. The van der Waals surface area contributed by atoms with Crippen LogP contribution in [0.3, 0.4) is 0 Å². The minimum Gasteiger partial charge on any atom is -0.258 e. The number of anilines is 1. The molecule has 2 heterocycles. The summed E-state index contributed by atoms with van der Waals surface area (Å²) in [7, 11) is 0. The molecule has 4 aromatic rings. The summed E-state index contributed by atoms with van der Waals surface area (Å²) in [5.41, 5.74) is 7.88. The summed E-state index contributed by atoms with van der Waals surface area (Å²) in [6.45, 7) is 0. The highest BCUT2D eigenvalue weighted by Crippen LogP contribution is 2.40. The first-order chi connectivity index (χ1) is 17.2. The first-order valence-electron chi connectivity index (χ1n) is 11.9. The van der Waals surface area contributed by atoms with Crippen LogP contribution in [0.1, 0.15) is 47.6 Å². The second-order valence-corrected chi connectivity index (χ2v) is 9.87. The van der Waals surface area contributed by atoms with Crippen LogP contribution in [0.15, 0.2) is 83.3 Å². The molecule has 0 bridgehead atoms. The van der Waals surface area contributed by atoms with Gasteiger partial charge in [0.2, 0.25) is 5.13 Å². The van der Waals surface area contributed by atoms with E-state index in [9.17, 15) is 10.1 Å². The van der Waals surface area contributed by atoms with E-state index in [0.29, 0.717) is 0 Å². The molecule has 1 aromatic heterocycles. The van der Waals surface area contributed by atoms with Gasteiger partial charge in [-0.1, -0.05) is 54.6 Å². The number of hydrogen-bond acceptors (Lipinski definition) is 6. The topological polar surface area (TPSA) is 71.6 Å². The largest absolute Gasteiger partial charge is 0.270 e. The summed E-state index contributed by atoms with van der Waals surface area (Å²) in [6, 6.07) is 23.9. The molecule has 1 aliphatic heterocycles. The van der Waals surface area contributed by atoms with E-state index in [2.05, 4.69) is 42.5 Å². The van der Waals surface area contributed by atoms with E-state index in [4.69, 9.17) is 10.1 Å². The van der Waals surface area contributed by atoms with Crippen molar-refractivity contribution in [2.45, 2.75) is 38.1 Å². The Kier molecular flexibility index (Phi) is 5.62. The zero-order valence-electron chi connectivity index (χ0n) is 19.1. The van der Waals surface area contributed by atoms with Crippen LogP contribution in [0.4, 0.5) is 10.8 Å². The number of thiazole rings is 1. The molecule has 7 heteroatoms. The molecule has 0 N–H and O–H groups in total. The number of non-ortho nitro benzene ring substituents is 1. The SMILES string of the molecule is O=[N+]([O-])c1cccc(-c2csc(N3N=C(c4ccc5c(c4)CCCC5)CC3c3ccccc3)n2)c1. The fourth-order valence-electron chi connectivity index (χ4n) is 4.99. The van der Waals surface area contributed by atoms with Crippen molar-refractivity contribution in [1.29, 1.82) is 0 Å². The van der Waals surface area contributed by atoms with E-state index in [1.54, 1.807) is 12.1 Å². The fourth-order valence-corrected chi connectivity index (χ4v) is 5.82. The summed E-state index contributed by atoms with van der Waals surface area (Å²) in [5, 5.41) is 21.1. The molecular formula is C28H24N4O2S. The number of nitro benzene ring substituents is 1. The number of hydrogen-bond donors (Lipinski definition) is 0. The highest BCUT2D eigenvalue weighted by Gasteiger charge is 2.32. The standard InChI is InChI=1S/C28H24N4O2S/c33-32(34)24-12-6-11-22(16-24)26-18-35-28(29-26)31-27(20-8-2-1-3-9-20)17-25(30-31)23-14-13-19-7-4-5-10-21(19)15-23/h1-3,6,8-9,11-16,18,27H,4-5,7,10,17H2. The Morgan fingerprint density at radius 1 is 0.914 bits per heavy atom. The van der Waals surface area contributed by atoms with Crippen LogP contribution >= 0.6 is 11.3 Å². The van der Waals surface area contributed by atoms with Crippen LogP contribution in [-0.4, -0.2) is 15.6 Å². The molecule has 1 atom stereocenters. The Hall–Kier alpha value is -3.84. The average Bonchev–Trinajstić information content (AvgIpc) is 3.57. The second kappa shape index (κ2) is 9.07. The van der Waals surface area contributed by atoms with E-state index in [0.717, 1.165) is 34.9 Å². The molecule has 0 spiro atoms. The van der Waals surface area contributed by atoms with Gasteiger partial charge in [0, 0.05) is 29.5 Å². The van der Waals surface area contributed by atoms with Crippen LogP contribution < -0.4 is 5.01 Å². The first kappa shape index (κ1) is 21.7. The van der Waals surface area contributed by atoms with Gasteiger partial charge in [0.05, 0.1) is 22.4 Å². The average molecular weight is 481 g/mol. The van der Waals surface area contributed by atoms with Crippen molar-refractivity contribution >= 4 is 27.9 Å². The summed E-state index contributed by atoms with van der Waals surface area (Å²) in [4.78, 5) is 15.7. The number of nitro groups is 1. The zero-order valence-corrected chi connectivity index (χ0v) is 19.9. The Labute approximate surface area is 207 Å². The predicted molar refractivity (Wildman–Crippen MR) is 140 cm³/mol. The third-order valence-corrected chi connectivity index (χ3v) is 7.65. The van der Waals surface area contributed by atoms with Gasteiger partial charge >= 0.3 is 0 Å². The van der Waals surface area contributed by atoms with Gasteiger partial charge < -0.3 is 0 Å². The zero-order chi connectivity index (χ0) is 23.8. The van der Waals surface area contributed by atoms with Crippen molar-refractivity contribution in [2.24, 2.45) is 5.10 Å². The lowest BCUT2D eigenvalue weighted by atomic mass is 9.89. The third-order valence-electron chi connectivity index (χ3n) is 6.82. The van der Waals surface area contributed by atoms with Crippen LogP contribution in [0, 0.1) is 10.1 Å². The quantitative estimate of drug-likeness (QED) is 0.229. The molecular weight excluding hydrogens is 456 g/mol. The summed E-state index contributed by atoms with van der Waals surface area (Å²) in [5.74, 6) is 0. The molecule has 3 aromatic carbocycles. The summed E-state index contributed by atoms with van der Waals surface area (Å²) < 4.78 is 0. The number of hydrazone groups is 1. The highest BCUT2D eigenvalue weighted by atomic mass is 32.1. The highest BCUT2D eigenvalue weighted by molar-refractivity contribution is 7.14. The van der Waals surface area contributed by atoms with Crippen molar-refractivity contribution in [2.75, 3.05) is 5.01 Å². The van der Waals surface area contributed by atoms with E-state index in [1.807, 2.05) is 22.5 Å². The van der Waals surface area contributed by atoms with Crippen LogP contribution in [-0.2, 0) is 12.8 Å². The van der Waals surface area contributed by atoms with Crippen molar-refractivity contribution in [3.63, 3.8) is 0 Å². The molecule has 0 saturated heterocycles. The molecule has 1 unspecified atom stereocenters. The fraction of sp³-hybridized carbons (Fsp3) is 0.214. The number of benzene rings is 3. The molecule has 1 aliphatic carbocycles. The van der Waals surface area contributed by atoms with Crippen LogP contribution in [0.2, 0.25) is 0 Å². The van der Waals surface area contributed by atoms with Gasteiger partial charge in [0.15, 0.2) is 0 Å². The van der Waals surface area contributed by atoms with E-state index < -0.39 is 0 Å². The van der Waals surface area contributed by atoms with Crippen molar-refractivity contribution in [3.8, 4) is 11.3 Å². The first-order valence-corrected chi connectivity index (χ1v) is 12.8. The maximum atomic E-state index is 11.2. The predicted octanol–water partition coefficient (Wildman–Crippen LogP) is 6.95. The number of fused-ring (bicyclic) bond motifs is 1. The van der Waals surface area contributed by atoms with Gasteiger partial charge in [-0.05, 0) is 54.0 Å². The number of rotatable bonds is 5. The Bertz CT molecular complexity index is 1430. The maximum Gasteiger partial charge on any atom is 0.270 e. The van der Waals surface area contributed by atoms with E-state index in [1.165, 1.54) is 58.9 Å². The molecule has 0 amide bonds. The number of aromatic nitrogens is 1. The van der Waals surface area contributed by atoms with Crippen molar-refractivity contribution in [1.82, 2.24) is 4.98 Å². The number of nitrogens with zero attached hydrogens (tertiary/aromatic N) is 4. The van der Waals surface area contributed by atoms with Gasteiger partial charge in [0.25, 0.3) is 5.69 Å². The minimum atomic E-state index is -0.377. The Balaban J connectivity index is 1.37. The molecule has 6 rings (SSSR count). The summed E-state index contributed by atoms with van der Waals surface area (Å²) in [6.07, 6.45) is 5.63. The molecule has 0 radical (unpaired) electrons. The van der Waals surface area contributed by atoms with Crippen LogP contribution in [0.25, 0.3) is 11.3 Å². The summed E-state index contributed by atoms with van der Waals surface area (Å²) >= 11 is 1.51. The molecule has 2 aliphatic rings. The smallest absolute Gasteiger partial charge is 0.258 e. The normalized spacial score (nSPS) is 17.2. The molecule has 0 saturated carbocycles. The van der Waals surface area contributed by atoms with Gasteiger partial charge in [-0.15, -0.1) is 11.3 Å². The van der Waals surface area contributed by atoms with Gasteiger partial charge in [-0.3, -0.25) is 10.1 Å². The minimum absolute atomic E-state index is 0.0475. The van der Waals surface area contributed by atoms with Gasteiger partial charge in [-0.2, -0.15) is 5.10 Å². The molecule has 35 heavy (non-hydrogen) atoms. The van der Waals surface area contributed by atoms with E-state index in [-0.39, 0.29) is 16.7 Å². The Morgan fingerprint density at radius 2 is 1.74 bits per heavy atom. The second-order valence-electron chi connectivity index (χ2n) is 9.04. The van der Waals surface area contributed by atoms with Crippen molar-refractivity contribution in [3.05, 3.63) is 111 Å². The Morgan fingerprint density at radius 3 is 2.57 bits per heavy atom. The lowest BCUT2D eigenvalue weighted by Gasteiger charge is -2.21.